The zero-order valence-corrected chi connectivity index (χ0v) is 8.14. The maximum Gasteiger partial charge on any atom is 0.222 e. The summed E-state index contributed by atoms with van der Waals surface area (Å²) in [5.74, 6) is 0.750. The van der Waals surface area contributed by atoms with Crippen molar-refractivity contribution in [3.63, 3.8) is 0 Å². The Morgan fingerprint density at radius 2 is 1.55 bits per heavy atom. The molecule has 0 aliphatic rings. The fraction of sp³-hybridized carbons (Fsp3) is 0.889. The molecule has 0 unspecified atom stereocenters. The van der Waals surface area contributed by atoms with Gasteiger partial charge in [-0.15, -0.1) is 0 Å². The molecule has 0 radical (unpaired) electrons. The lowest BCUT2D eigenvalue weighted by molar-refractivity contribution is -0.124. The first-order valence-electron chi connectivity index (χ1n) is 4.25. The first-order valence-corrected chi connectivity index (χ1v) is 4.25. The summed E-state index contributed by atoms with van der Waals surface area (Å²) in [6, 6.07) is 0.282. The molecule has 2 heteroatoms. The summed E-state index contributed by atoms with van der Waals surface area (Å²) in [6.07, 6.45) is 0. The third kappa shape index (κ3) is 4.02. The Morgan fingerprint density at radius 1 is 1.09 bits per heavy atom. The van der Waals surface area contributed by atoms with Gasteiger partial charge < -0.3 is 5.32 Å². The Bertz CT molecular complexity index is 130. The van der Waals surface area contributed by atoms with Gasteiger partial charge in [0.15, 0.2) is 0 Å². The van der Waals surface area contributed by atoms with E-state index in [1.807, 2.05) is 20.8 Å². The molecule has 1 amide bonds. The highest BCUT2D eigenvalue weighted by Crippen LogP contribution is 2.01. The van der Waals surface area contributed by atoms with Crippen LogP contribution in [0.4, 0.5) is 0 Å². The van der Waals surface area contributed by atoms with Crippen LogP contribution in [0.25, 0.3) is 0 Å². The van der Waals surface area contributed by atoms with E-state index in [4.69, 9.17) is 0 Å². The molecule has 66 valence electrons. The van der Waals surface area contributed by atoms with E-state index in [1.165, 1.54) is 0 Å². The van der Waals surface area contributed by atoms with Crippen molar-refractivity contribution in [2.45, 2.75) is 40.7 Å². The lowest BCUT2D eigenvalue weighted by atomic mass is 10.1. The number of hydrogen-bond donors (Lipinski definition) is 1. The average Bonchev–Trinajstić information content (AvgIpc) is 1.87. The van der Waals surface area contributed by atoms with Crippen LogP contribution in [-0.2, 0) is 4.79 Å². The molecule has 0 saturated heterocycles. The van der Waals surface area contributed by atoms with Crippen molar-refractivity contribution in [1.82, 2.24) is 5.32 Å². The van der Waals surface area contributed by atoms with Crippen LogP contribution in [-0.4, -0.2) is 11.9 Å². The minimum atomic E-state index is 0.0937. The largest absolute Gasteiger partial charge is 0.353 e. The van der Waals surface area contributed by atoms with Crippen molar-refractivity contribution in [3.8, 4) is 0 Å². The third-order valence-electron chi connectivity index (χ3n) is 1.89. The Morgan fingerprint density at radius 3 is 1.82 bits per heavy atom. The molecule has 0 aliphatic heterocycles. The molecule has 1 N–H and O–H groups in total. The predicted octanol–water partition coefficient (Wildman–Crippen LogP) is 1.80. The van der Waals surface area contributed by atoms with Gasteiger partial charge >= 0.3 is 0 Å². The Balaban J connectivity index is 3.76. The molecule has 0 fully saturated rings. The van der Waals surface area contributed by atoms with E-state index < -0.39 is 0 Å². The van der Waals surface area contributed by atoms with Crippen LogP contribution in [0, 0.1) is 11.8 Å². The standard InChI is InChI=1S/C9H19NO/c1-6(2)8(5)10-9(11)7(3)4/h6-8H,1-5H3,(H,10,11)/t8-/m0/s1. The van der Waals surface area contributed by atoms with Crippen LogP contribution >= 0.6 is 0 Å². The Hall–Kier alpha value is -0.530. The maximum absolute atomic E-state index is 11.1. The van der Waals surface area contributed by atoms with Crippen molar-refractivity contribution in [3.05, 3.63) is 0 Å². The van der Waals surface area contributed by atoms with Crippen LogP contribution in [0.3, 0.4) is 0 Å². The van der Waals surface area contributed by atoms with Crippen LogP contribution in [0.5, 0.6) is 0 Å². The van der Waals surface area contributed by atoms with Gasteiger partial charge in [-0.25, -0.2) is 0 Å². The number of nitrogens with one attached hydrogen (secondary N) is 1. The molecule has 0 aliphatic carbocycles. The van der Waals surface area contributed by atoms with Gasteiger partial charge in [0.1, 0.15) is 0 Å². The van der Waals surface area contributed by atoms with E-state index in [9.17, 15) is 4.79 Å². The summed E-state index contributed by atoms with van der Waals surface area (Å²) in [4.78, 5) is 11.1. The molecule has 0 rings (SSSR count). The van der Waals surface area contributed by atoms with Gasteiger partial charge in [-0.2, -0.15) is 0 Å². The topological polar surface area (TPSA) is 29.1 Å². The van der Waals surface area contributed by atoms with Gasteiger partial charge in [-0.3, -0.25) is 4.79 Å². The van der Waals surface area contributed by atoms with E-state index >= 15 is 0 Å². The number of carbonyl (C=O) groups is 1. The average molecular weight is 157 g/mol. The first kappa shape index (κ1) is 10.5. The van der Waals surface area contributed by atoms with Crippen LogP contribution < -0.4 is 5.32 Å². The van der Waals surface area contributed by atoms with Crippen LogP contribution in [0.2, 0.25) is 0 Å². The van der Waals surface area contributed by atoms with Gasteiger partial charge in [-0.05, 0) is 12.8 Å². The van der Waals surface area contributed by atoms with Gasteiger partial charge in [0, 0.05) is 12.0 Å². The monoisotopic (exact) mass is 157 g/mol. The SMILES string of the molecule is CC(C)C(=O)N[C@@H](C)C(C)C. The third-order valence-corrected chi connectivity index (χ3v) is 1.89. The minimum Gasteiger partial charge on any atom is -0.353 e. The van der Waals surface area contributed by atoms with Gasteiger partial charge in [0.25, 0.3) is 0 Å². The maximum atomic E-state index is 11.1. The van der Waals surface area contributed by atoms with E-state index in [-0.39, 0.29) is 17.9 Å². The summed E-state index contributed by atoms with van der Waals surface area (Å²) in [5, 5.41) is 2.94. The summed E-state index contributed by atoms with van der Waals surface area (Å²) < 4.78 is 0. The first-order chi connectivity index (χ1) is 4.95. The molecule has 0 aromatic heterocycles. The fourth-order valence-electron chi connectivity index (χ4n) is 0.558. The molecule has 0 saturated carbocycles. The molecular weight excluding hydrogens is 138 g/mol. The van der Waals surface area contributed by atoms with Crippen molar-refractivity contribution in [2.24, 2.45) is 11.8 Å². The summed E-state index contributed by atoms with van der Waals surface area (Å²) in [6.45, 7) is 10.0. The Kier molecular flexibility index (Phi) is 4.16. The summed E-state index contributed by atoms with van der Waals surface area (Å²) in [5.41, 5.74) is 0. The molecule has 0 aromatic carbocycles. The number of carbonyl (C=O) groups excluding carboxylic acids is 1. The molecule has 0 aromatic rings. The van der Waals surface area contributed by atoms with Crippen molar-refractivity contribution in [1.29, 1.82) is 0 Å². The normalized spacial score (nSPS) is 13.7. The summed E-state index contributed by atoms with van der Waals surface area (Å²) in [7, 11) is 0. The molecule has 2 nitrogen and oxygen atoms in total. The van der Waals surface area contributed by atoms with Gasteiger partial charge in [-0.1, -0.05) is 27.7 Å². The highest BCUT2D eigenvalue weighted by atomic mass is 16.1. The smallest absolute Gasteiger partial charge is 0.222 e. The molecule has 11 heavy (non-hydrogen) atoms. The van der Waals surface area contributed by atoms with Gasteiger partial charge in [0.05, 0.1) is 0 Å². The highest BCUT2D eigenvalue weighted by Gasteiger charge is 2.12. The van der Waals surface area contributed by atoms with Gasteiger partial charge in [0.2, 0.25) is 5.91 Å². The molecule has 1 atom stereocenters. The molecular formula is C9H19NO. The Labute approximate surface area is 69.4 Å². The predicted molar refractivity (Wildman–Crippen MR) is 47.3 cm³/mol. The fourth-order valence-corrected chi connectivity index (χ4v) is 0.558. The van der Waals surface area contributed by atoms with Crippen molar-refractivity contribution < 1.29 is 4.79 Å². The van der Waals surface area contributed by atoms with Crippen LogP contribution in [0.15, 0.2) is 0 Å². The number of hydrogen-bond acceptors (Lipinski definition) is 1. The zero-order valence-electron chi connectivity index (χ0n) is 8.14. The molecule has 0 spiro atoms. The van der Waals surface area contributed by atoms with E-state index in [1.54, 1.807) is 0 Å². The van der Waals surface area contributed by atoms with Crippen LogP contribution in [0.1, 0.15) is 34.6 Å². The van der Waals surface area contributed by atoms with E-state index in [2.05, 4.69) is 19.2 Å². The second-order valence-corrected chi connectivity index (χ2v) is 3.70. The van der Waals surface area contributed by atoms with E-state index in [0.29, 0.717) is 5.92 Å². The van der Waals surface area contributed by atoms with Crippen molar-refractivity contribution >= 4 is 5.91 Å². The van der Waals surface area contributed by atoms with E-state index in [0.717, 1.165) is 0 Å². The second-order valence-electron chi connectivity index (χ2n) is 3.70. The minimum absolute atomic E-state index is 0.0937. The number of rotatable bonds is 3. The lowest BCUT2D eigenvalue weighted by Gasteiger charge is -2.18. The molecule has 0 bridgehead atoms. The second kappa shape index (κ2) is 4.37. The highest BCUT2D eigenvalue weighted by molar-refractivity contribution is 5.78. The number of amides is 1. The molecule has 0 heterocycles. The quantitative estimate of drug-likeness (QED) is 0.665. The lowest BCUT2D eigenvalue weighted by Crippen LogP contribution is -2.38. The summed E-state index contributed by atoms with van der Waals surface area (Å²) >= 11 is 0. The van der Waals surface area contributed by atoms with Crippen molar-refractivity contribution in [2.75, 3.05) is 0 Å². The zero-order chi connectivity index (χ0) is 9.02.